The molecule has 0 aromatic rings. The van der Waals surface area contributed by atoms with Crippen LogP contribution in [0.2, 0.25) is 0 Å². The molecule has 0 amide bonds. The highest BCUT2D eigenvalue weighted by Gasteiger charge is 2.44. The predicted octanol–water partition coefficient (Wildman–Crippen LogP) is -2.11. The molecule has 0 saturated carbocycles. The number of nitrogens with zero attached hydrogens (tertiary/aromatic N) is 1. The van der Waals surface area contributed by atoms with Gasteiger partial charge in [-0.2, -0.15) is 0 Å². The van der Waals surface area contributed by atoms with Crippen molar-refractivity contribution in [2.45, 2.75) is 77.8 Å². The molecule has 0 aromatic heterocycles. The largest absolute Gasteiger partial charge is 1.00 e. The monoisotopic (exact) mass is 341 g/mol. The van der Waals surface area contributed by atoms with E-state index in [9.17, 15) is 20.4 Å². The second kappa shape index (κ2) is 7.32. The molecule has 0 aromatic carbocycles. The summed E-state index contributed by atoms with van der Waals surface area (Å²) in [7, 11) is 0. The van der Waals surface area contributed by atoms with Gasteiger partial charge in [0.1, 0.15) is 48.6 Å². The first-order valence-corrected chi connectivity index (χ1v) is 7.57. The first-order chi connectivity index (χ1) is 8.83. The maximum atomic E-state index is 10.3. The van der Waals surface area contributed by atoms with Crippen LogP contribution in [0, 0.1) is 0 Å². The van der Waals surface area contributed by atoms with Gasteiger partial charge in [0.15, 0.2) is 0 Å². The van der Waals surface area contributed by atoms with Gasteiger partial charge < -0.3 is 37.3 Å². The molecular formula is C16H36ClNO4. The van der Waals surface area contributed by atoms with E-state index in [4.69, 9.17) is 0 Å². The van der Waals surface area contributed by atoms with Gasteiger partial charge in [0.05, 0.1) is 0 Å². The summed E-state index contributed by atoms with van der Waals surface area (Å²) in [5.41, 5.74) is -3.88. The van der Waals surface area contributed by atoms with Gasteiger partial charge in [-0.05, 0) is 55.4 Å². The van der Waals surface area contributed by atoms with Crippen molar-refractivity contribution in [3.63, 3.8) is 0 Å². The minimum atomic E-state index is -0.970. The summed E-state index contributed by atoms with van der Waals surface area (Å²) in [6.07, 6.45) is 0. The van der Waals surface area contributed by atoms with E-state index in [1.165, 1.54) is 0 Å². The summed E-state index contributed by atoms with van der Waals surface area (Å²) in [4.78, 5) is 0. The van der Waals surface area contributed by atoms with Crippen molar-refractivity contribution in [1.29, 1.82) is 0 Å². The SMILES string of the molecule is CC(C)(O)C[N+](CC(C)(C)O)(CC(C)(C)O)CC(C)(C)O.[Cl-]. The van der Waals surface area contributed by atoms with Crippen LogP contribution in [-0.2, 0) is 0 Å². The molecule has 0 unspecified atom stereocenters. The van der Waals surface area contributed by atoms with E-state index in [2.05, 4.69) is 0 Å². The van der Waals surface area contributed by atoms with Crippen LogP contribution in [0.5, 0.6) is 0 Å². The third-order valence-electron chi connectivity index (χ3n) is 2.89. The zero-order chi connectivity index (χ0) is 17.3. The number of hydrogen-bond acceptors (Lipinski definition) is 4. The van der Waals surface area contributed by atoms with Gasteiger partial charge in [-0.3, -0.25) is 0 Å². The van der Waals surface area contributed by atoms with Gasteiger partial charge in [-0.15, -0.1) is 0 Å². The molecule has 0 atom stereocenters. The molecule has 0 aliphatic carbocycles. The fourth-order valence-corrected chi connectivity index (χ4v) is 3.62. The van der Waals surface area contributed by atoms with Crippen molar-refractivity contribution >= 4 is 0 Å². The fraction of sp³-hybridized carbons (Fsp3) is 1.00. The topological polar surface area (TPSA) is 80.9 Å². The van der Waals surface area contributed by atoms with Crippen LogP contribution in [0.25, 0.3) is 0 Å². The van der Waals surface area contributed by atoms with Crippen molar-refractivity contribution in [3.8, 4) is 0 Å². The summed E-state index contributed by atoms with van der Waals surface area (Å²) in [5, 5.41) is 41.1. The lowest BCUT2D eigenvalue weighted by Crippen LogP contribution is -3.00. The Bertz CT molecular complexity index is 263. The third kappa shape index (κ3) is 12.6. The maximum absolute atomic E-state index is 10.3. The molecule has 0 spiro atoms. The zero-order valence-electron chi connectivity index (χ0n) is 15.4. The van der Waals surface area contributed by atoms with Crippen molar-refractivity contribution < 1.29 is 37.3 Å². The van der Waals surface area contributed by atoms with Gasteiger partial charge in [-0.25, -0.2) is 0 Å². The minimum Gasteiger partial charge on any atom is -1.00 e. The predicted molar refractivity (Wildman–Crippen MR) is 84.9 cm³/mol. The average molecular weight is 342 g/mol. The van der Waals surface area contributed by atoms with Crippen LogP contribution in [0.15, 0.2) is 0 Å². The van der Waals surface area contributed by atoms with E-state index in [1.54, 1.807) is 55.4 Å². The van der Waals surface area contributed by atoms with Crippen LogP contribution in [0.3, 0.4) is 0 Å². The molecule has 4 N–H and O–H groups in total. The van der Waals surface area contributed by atoms with Crippen LogP contribution in [0.1, 0.15) is 55.4 Å². The van der Waals surface area contributed by atoms with Crippen LogP contribution >= 0.6 is 0 Å². The van der Waals surface area contributed by atoms with E-state index >= 15 is 0 Å². The average Bonchev–Trinajstić information content (AvgIpc) is 1.83. The molecular weight excluding hydrogens is 306 g/mol. The molecule has 0 radical (unpaired) electrons. The standard InChI is InChI=1S/C16H36NO4.ClH/c1-13(2,18)9-17(10-14(3,4)19,11-15(5,6)20)12-16(7,8)21;/h18-21H,9-12H2,1-8H3;1H/q+1;/p-1. The molecule has 136 valence electrons. The molecule has 0 rings (SSSR count). The Morgan fingerprint density at radius 1 is 0.500 bits per heavy atom. The normalized spacial score (nSPS) is 14.7. The second-order valence-corrected chi connectivity index (χ2v) is 9.22. The van der Waals surface area contributed by atoms with Gasteiger partial charge in [0.2, 0.25) is 0 Å². The third-order valence-corrected chi connectivity index (χ3v) is 2.89. The van der Waals surface area contributed by atoms with Gasteiger partial charge in [0.25, 0.3) is 0 Å². The smallest absolute Gasteiger partial charge is 0.108 e. The van der Waals surface area contributed by atoms with Crippen molar-refractivity contribution in [2.75, 3.05) is 26.2 Å². The number of hydrogen-bond donors (Lipinski definition) is 4. The minimum absolute atomic E-state index is 0. The Kier molecular flexibility index (Phi) is 8.10. The van der Waals surface area contributed by atoms with E-state index < -0.39 is 22.4 Å². The van der Waals surface area contributed by atoms with Crippen molar-refractivity contribution in [2.24, 2.45) is 0 Å². The van der Waals surface area contributed by atoms with E-state index in [1.807, 2.05) is 0 Å². The Labute approximate surface area is 142 Å². The molecule has 0 heterocycles. The highest BCUT2D eigenvalue weighted by Crippen LogP contribution is 2.26. The van der Waals surface area contributed by atoms with Crippen molar-refractivity contribution in [3.05, 3.63) is 0 Å². The molecule has 0 bridgehead atoms. The maximum Gasteiger partial charge on any atom is 0.108 e. The van der Waals surface area contributed by atoms with Gasteiger partial charge in [0, 0.05) is 0 Å². The molecule has 0 fully saturated rings. The molecule has 0 aliphatic rings. The molecule has 5 nitrogen and oxygen atoms in total. The first kappa shape index (κ1) is 24.3. The lowest BCUT2D eigenvalue weighted by molar-refractivity contribution is -0.948. The van der Waals surface area contributed by atoms with Crippen molar-refractivity contribution in [1.82, 2.24) is 0 Å². The quantitative estimate of drug-likeness (QED) is 0.381. The fourth-order valence-electron chi connectivity index (χ4n) is 3.62. The lowest BCUT2D eigenvalue weighted by Gasteiger charge is -2.49. The molecule has 0 aliphatic heterocycles. The number of aliphatic hydroxyl groups is 4. The second-order valence-electron chi connectivity index (χ2n) is 9.22. The molecule has 0 saturated heterocycles. The van der Waals surface area contributed by atoms with Crippen LogP contribution in [-0.4, -0.2) is 73.5 Å². The first-order valence-electron chi connectivity index (χ1n) is 7.57. The number of rotatable bonds is 8. The summed E-state index contributed by atoms with van der Waals surface area (Å²) in [6, 6.07) is 0. The summed E-state index contributed by atoms with van der Waals surface area (Å²) in [6.45, 7) is 15.0. The Morgan fingerprint density at radius 2 is 0.636 bits per heavy atom. The number of quaternary nitrogens is 1. The number of halogens is 1. The summed E-state index contributed by atoms with van der Waals surface area (Å²) >= 11 is 0. The molecule has 6 heteroatoms. The van der Waals surface area contributed by atoms with Gasteiger partial charge >= 0.3 is 0 Å². The van der Waals surface area contributed by atoms with E-state index in [0.29, 0.717) is 26.2 Å². The molecule has 22 heavy (non-hydrogen) atoms. The van der Waals surface area contributed by atoms with E-state index in [0.717, 1.165) is 0 Å². The Balaban J connectivity index is 0. The zero-order valence-corrected chi connectivity index (χ0v) is 16.2. The summed E-state index contributed by atoms with van der Waals surface area (Å²) in [5.74, 6) is 0. The summed E-state index contributed by atoms with van der Waals surface area (Å²) < 4.78 is 0.236. The lowest BCUT2D eigenvalue weighted by atomic mass is 9.95. The Hall–Kier alpha value is 0.0900. The highest BCUT2D eigenvalue weighted by molar-refractivity contribution is 4.78. The van der Waals surface area contributed by atoms with E-state index in [-0.39, 0.29) is 16.9 Å². The highest BCUT2D eigenvalue weighted by atomic mass is 35.5. The van der Waals surface area contributed by atoms with Crippen LogP contribution < -0.4 is 12.4 Å². The van der Waals surface area contributed by atoms with Crippen LogP contribution in [0.4, 0.5) is 0 Å². The van der Waals surface area contributed by atoms with Gasteiger partial charge in [-0.1, -0.05) is 0 Å². The Morgan fingerprint density at radius 3 is 0.727 bits per heavy atom.